The van der Waals surface area contributed by atoms with Crippen molar-refractivity contribution in [3.05, 3.63) is 6.42 Å². The fourth-order valence-corrected chi connectivity index (χ4v) is 1.53. The van der Waals surface area contributed by atoms with Crippen molar-refractivity contribution in [2.24, 2.45) is 5.92 Å². The average Bonchev–Trinajstić information content (AvgIpc) is 2.15. The molecule has 1 radical (unpaired) electrons. The highest BCUT2D eigenvalue weighted by Gasteiger charge is 2.25. The molecule has 1 aliphatic rings. The molecule has 1 amide bonds. The van der Waals surface area contributed by atoms with E-state index in [4.69, 9.17) is 11.2 Å². The molecule has 0 unspecified atom stereocenters. The van der Waals surface area contributed by atoms with Crippen LogP contribution in [0.1, 0.15) is 33.6 Å². The van der Waals surface area contributed by atoms with E-state index in [1.807, 2.05) is 20.8 Å². The van der Waals surface area contributed by atoms with Crippen molar-refractivity contribution in [1.82, 2.24) is 4.90 Å². The van der Waals surface area contributed by atoms with Crippen LogP contribution in [0.5, 0.6) is 0 Å². The zero-order chi connectivity index (χ0) is 11.5. The highest BCUT2D eigenvalue weighted by Crippen LogP contribution is 2.18. The smallest absolute Gasteiger partial charge is 0.410 e. The normalized spacial score (nSPS) is 18.4. The first kappa shape index (κ1) is 11.9. The number of nitrogens with zero attached hydrogens (tertiary/aromatic N) is 1. The number of hydrogen-bond acceptors (Lipinski definition) is 2. The number of hydrogen-bond donors (Lipinski definition) is 0. The van der Waals surface area contributed by atoms with Gasteiger partial charge in [-0.25, -0.2) is 4.79 Å². The highest BCUT2D eigenvalue weighted by molar-refractivity contribution is 5.68. The maximum absolute atomic E-state index is 11.6. The van der Waals surface area contributed by atoms with Crippen LogP contribution in [0.4, 0.5) is 4.79 Å². The molecule has 3 heteroatoms. The molecule has 83 valence electrons. The Morgan fingerprint density at radius 1 is 1.40 bits per heavy atom. The van der Waals surface area contributed by atoms with Crippen molar-refractivity contribution in [2.45, 2.75) is 39.2 Å². The SMILES string of the molecule is [C]#CC1CCN(C(=O)OC(C)(C)C)CC1. The van der Waals surface area contributed by atoms with Crippen LogP contribution in [0.2, 0.25) is 0 Å². The number of rotatable bonds is 0. The van der Waals surface area contributed by atoms with E-state index < -0.39 is 5.60 Å². The summed E-state index contributed by atoms with van der Waals surface area (Å²) in [7, 11) is 0. The quantitative estimate of drug-likeness (QED) is 0.571. The second-order valence-electron chi connectivity index (χ2n) is 4.89. The van der Waals surface area contributed by atoms with Crippen molar-refractivity contribution < 1.29 is 9.53 Å². The van der Waals surface area contributed by atoms with Crippen LogP contribution in [0, 0.1) is 18.3 Å². The monoisotopic (exact) mass is 208 g/mol. The summed E-state index contributed by atoms with van der Waals surface area (Å²) >= 11 is 0. The lowest BCUT2D eigenvalue weighted by Gasteiger charge is -2.31. The fourth-order valence-electron chi connectivity index (χ4n) is 1.53. The predicted molar refractivity (Wildman–Crippen MR) is 57.7 cm³/mol. The average molecular weight is 208 g/mol. The van der Waals surface area contributed by atoms with E-state index in [0.717, 1.165) is 12.8 Å². The molecule has 15 heavy (non-hydrogen) atoms. The number of amides is 1. The zero-order valence-electron chi connectivity index (χ0n) is 9.67. The number of ether oxygens (including phenoxy) is 1. The minimum Gasteiger partial charge on any atom is -0.444 e. The summed E-state index contributed by atoms with van der Waals surface area (Å²) in [6.45, 7) is 6.94. The number of likely N-dealkylation sites (tertiary alicyclic amines) is 1. The van der Waals surface area contributed by atoms with E-state index >= 15 is 0 Å². The van der Waals surface area contributed by atoms with Crippen LogP contribution in [0.3, 0.4) is 0 Å². The summed E-state index contributed by atoms with van der Waals surface area (Å²) < 4.78 is 5.27. The first-order valence-corrected chi connectivity index (χ1v) is 5.32. The number of carbonyl (C=O) groups excluding carboxylic acids is 1. The van der Waals surface area contributed by atoms with Crippen LogP contribution >= 0.6 is 0 Å². The van der Waals surface area contributed by atoms with E-state index in [2.05, 4.69) is 5.92 Å². The Morgan fingerprint density at radius 2 is 1.93 bits per heavy atom. The van der Waals surface area contributed by atoms with Gasteiger partial charge in [0.25, 0.3) is 0 Å². The maximum atomic E-state index is 11.6. The minimum atomic E-state index is -0.429. The third-order valence-corrected chi connectivity index (χ3v) is 2.35. The molecule has 0 saturated carbocycles. The molecule has 0 aliphatic carbocycles. The summed E-state index contributed by atoms with van der Waals surface area (Å²) in [5.74, 6) is 2.69. The molecule has 0 spiro atoms. The summed E-state index contributed by atoms with van der Waals surface area (Å²) in [6.07, 6.45) is 8.43. The summed E-state index contributed by atoms with van der Waals surface area (Å²) in [5, 5.41) is 0. The molecule has 1 rings (SSSR count). The summed E-state index contributed by atoms with van der Waals surface area (Å²) in [5.41, 5.74) is -0.429. The molecule has 0 aromatic heterocycles. The van der Waals surface area contributed by atoms with Crippen molar-refractivity contribution in [3.63, 3.8) is 0 Å². The van der Waals surface area contributed by atoms with E-state index in [0.29, 0.717) is 13.1 Å². The number of piperidine rings is 1. The third-order valence-electron chi connectivity index (χ3n) is 2.35. The van der Waals surface area contributed by atoms with E-state index in [9.17, 15) is 4.79 Å². The molecule has 0 atom stereocenters. The van der Waals surface area contributed by atoms with Gasteiger partial charge in [-0.05, 0) is 40.0 Å². The van der Waals surface area contributed by atoms with Crippen LogP contribution in [-0.4, -0.2) is 29.7 Å². The molecule has 0 N–H and O–H groups in total. The lowest BCUT2D eigenvalue weighted by atomic mass is 9.98. The maximum Gasteiger partial charge on any atom is 0.410 e. The van der Waals surface area contributed by atoms with Gasteiger partial charge in [-0.15, -0.1) is 0 Å². The van der Waals surface area contributed by atoms with Gasteiger partial charge in [-0.2, -0.15) is 0 Å². The van der Waals surface area contributed by atoms with E-state index in [-0.39, 0.29) is 12.0 Å². The third kappa shape index (κ3) is 3.83. The Labute approximate surface area is 91.8 Å². The van der Waals surface area contributed by atoms with Gasteiger partial charge >= 0.3 is 6.09 Å². The van der Waals surface area contributed by atoms with Gasteiger partial charge in [0.05, 0.1) is 0 Å². The Hall–Kier alpha value is -1.17. The van der Waals surface area contributed by atoms with Gasteiger partial charge in [-0.3, -0.25) is 0 Å². The van der Waals surface area contributed by atoms with Crippen molar-refractivity contribution in [1.29, 1.82) is 0 Å². The molecule has 0 aromatic carbocycles. The molecule has 3 nitrogen and oxygen atoms in total. The lowest BCUT2D eigenvalue weighted by molar-refractivity contribution is 0.0199. The lowest BCUT2D eigenvalue weighted by Crippen LogP contribution is -2.41. The summed E-state index contributed by atoms with van der Waals surface area (Å²) in [4.78, 5) is 13.4. The topological polar surface area (TPSA) is 29.5 Å². The van der Waals surface area contributed by atoms with Crippen LogP contribution in [0.25, 0.3) is 0 Å². The molecule has 1 heterocycles. The van der Waals surface area contributed by atoms with Gasteiger partial charge < -0.3 is 9.64 Å². The first-order valence-electron chi connectivity index (χ1n) is 5.32. The zero-order valence-corrected chi connectivity index (χ0v) is 9.67. The highest BCUT2D eigenvalue weighted by atomic mass is 16.6. The molecule has 1 saturated heterocycles. The van der Waals surface area contributed by atoms with Gasteiger partial charge in [0.2, 0.25) is 0 Å². The van der Waals surface area contributed by atoms with Crippen LogP contribution in [0.15, 0.2) is 0 Å². The van der Waals surface area contributed by atoms with Crippen LogP contribution < -0.4 is 0 Å². The Morgan fingerprint density at radius 3 is 2.33 bits per heavy atom. The van der Waals surface area contributed by atoms with E-state index in [1.54, 1.807) is 4.90 Å². The molecule has 0 bridgehead atoms. The second kappa shape index (κ2) is 4.57. The van der Waals surface area contributed by atoms with Gasteiger partial charge in [0.1, 0.15) is 5.60 Å². The summed E-state index contributed by atoms with van der Waals surface area (Å²) in [6, 6.07) is 0. The number of carbonyl (C=O) groups is 1. The predicted octanol–water partition coefficient (Wildman–Crippen LogP) is 2.22. The van der Waals surface area contributed by atoms with Crippen molar-refractivity contribution in [2.75, 3.05) is 13.1 Å². The minimum absolute atomic E-state index is 0.212. The molecule has 1 aliphatic heterocycles. The van der Waals surface area contributed by atoms with Crippen molar-refractivity contribution >= 4 is 6.09 Å². The Bertz CT molecular complexity index is 264. The van der Waals surface area contributed by atoms with Crippen molar-refractivity contribution in [3.8, 4) is 5.92 Å². The Balaban J connectivity index is 2.41. The molecule has 0 aromatic rings. The van der Waals surface area contributed by atoms with Gasteiger partial charge in [0, 0.05) is 19.0 Å². The Kier molecular flexibility index (Phi) is 3.62. The van der Waals surface area contributed by atoms with E-state index in [1.165, 1.54) is 0 Å². The molecular weight excluding hydrogens is 190 g/mol. The molecule has 1 fully saturated rings. The largest absolute Gasteiger partial charge is 0.444 e. The molecular formula is C12H18NO2. The fraction of sp³-hybridized carbons (Fsp3) is 0.750. The van der Waals surface area contributed by atoms with Crippen LogP contribution in [-0.2, 0) is 4.74 Å². The second-order valence-corrected chi connectivity index (χ2v) is 4.89. The standard InChI is InChI=1S/C12H18NO2/c1-5-10-6-8-13(9-7-10)11(14)15-12(2,3)4/h10H,6-9H2,2-4H3. The van der Waals surface area contributed by atoms with Gasteiger partial charge in [0.15, 0.2) is 0 Å². The first-order chi connectivity index (χ1) is 6.92. The van der Waals surface area contributed by atoms with Gasteiger partial charge in [-0.1, -0.05) is 5.92 Å².